The number of imide groups is 1. The molecular formula is C41H47N9O8. The van der Waals surface area contributed by atoms with Gasteiger partial charge in [0.2, 0.25) is 5.91 Å². The number of anilines is 1. The Labute approximate surface area is 335 Å². The summed E-state index contributed by atoms with van der Waals surface area (Å²) in [6.45, 7) is 3.18. The van der Waals surface area contributed by atoms with Crippen LogP contribution >= 0.6 is 0 Å². The molecule has 6 rings (SSSR count). The molecule has 17 nitrogen and oxygen atoms in total. The molecule has 2 aromatic carbocycles. The van der Waals surface area contributed by atoms with Crippen molar-refractivity contribution >= 4 is 41.6 Å². The third kappa shape index (κ3) is 9.96. The second-order valence-electron chi connectivity index (χ2n) is 14.2. The van der Waals surface area contributed by atoms with Crippen LogP contribution in [0.15, 0.2) is 79.1 Å². The van der Waals surface area contributed by atoms with E-state index in [4.69, 9.17) is 4.74 Å². The van der Waals surface area contributed by atoms with Crippen LogP contribution in [0.4, 0.5) is 20.1 Å². The van der Waals surface area contributed by atoms with Gasteiger partial charge in [0.15, 0.2) is 0 Å². The number of benzene rings is 2. The molecule has 2 saturated heterocycles. The number of ether oxygens (including phenoxy) is 2. The smallest absolute Gasteiger partial charge is 0.407 e. The largest absolute Gasteiger partial charge is 0.453 e. The molecule has 2 aliphatic rings. The van der Waals surface area contributed by atoms with Gasteiger partial charge < -0.3 is 40.2 Å². The van der Waals surface area contributed by atoms with Crippen LogP contribution in [0, 0.1) is 5.92 Å². The first-order valence-electron chi connectivity index (χ1n) is 19.1. The predicted octanol–water partition coefficient (Wildman–Crippen LogP) is 4.92. The molecule has 58 heavy (non-hydrogen) atoms. The number of aromatic amines is 1. The Morgan fingerprint density at radius 2 is 1.53 bits per heavy atom. The maximum absolute atomic E-state index is 13.6. The fourth-order valence-electron chi connectivity index (χ4n) is 7.21. The summed E-state index contributed by atoms with van der Waals surface area (Å²) >= 11 is 0. The van der Waals surface area contributed by atoms with Gasteiger partial charge in [0.1, 0.15) is 17.9 Å². The van der Waals surface area contributed by atoms with Gasteiger partial charge in [0, 0.05) is 31.6 Å². The number of nitrogens with zero attached hydrogens (tertiary/aromatic N) is 4. The Morgan fingerprint density at radius 1 is 0.828 bits per heavy atom. The van der Waals surface area contributed by atoms with Crippen molar-refractivity contribution in [1.29, 1.82) is 0 Å². The molecule has 304 valence electrons. The molecular weight excluding hydrogens is 747 g/mol. The summed E-state index contributed by atoms with van der Waals surface area (Å²) in [5.41, 5.74) is 4.08. The van der Waals surface area contributed by atoms with E-state index >= 15 is 0 Å². The van der Waals surface area contributed by atoms with E-state index in [0.717, 1.165) is 35.5 Å². The number of rotatable bonds is 12. The quantitative estimate of drug-likeness (QED) is 0.130. The van der Waals surface area contributed by atoms with Gasteiger partial charge >= 0.3 is 18.2 Å². The zero-order valence-corrected chi connectivity index (χ0v) is 32.5. The van der Waals surface area contributed by atoms with Crippen molar-refractivity contribution in [1.82, 2.24) is 40.7 Å². The molecule has 2 aliphatic heterocycles. The molecule has 4 heterocycles. The number of carbonyl (C=O) groups excluding carboxylic acids is 6. The number of hydrogen-bond donors (Lipinski definition) is 5. The Bertz CT molecular complexity index is 2090. The van der Waals surface area contributed by atoms with Crippen LogP contribution in [-0.4, -0.2) is 101 Å². The van der Waals surface area contributed by atoms with E-state index in [0.29, 0.717) is 49.3 Å². The van der Waals surface area contributed by atoms with Crippen LogP contribution in [-0.2, 0) is 23.9 Å². The third-order valence-corrected chi connectivity index (χ3v) is 10.2. The molecule has 2 fully saturated rings. The van der Waals surface area contributed by atoms with Crippen molar-refractivity contribution in [3.8, 4) is 22.5 Å². The number of hydrogen-bond acceptors (Lipinski definition) is 10. The Kier molecular flexibility index (Phi) is 13.3. The van der Waals surface area contributed by atoms with Crippen LogP contribution in [0.1, 0.15) is 62.5 Å². The summed E-state index contributed by atoms with van der Waals surface area (Å²) in [4.78, 5) is 92.1. The van der Waals surface area contributed by atoms with E-state index in [2.05, 4.69) is 41.0 Å². The molecule has 0 radical (unpaired) electrons. The molecule has 7 amide bonds. The third-order valence-electron chi connectivity index (χ3n) is 10.2. The number of pyridine rings is 1. The summed E-state index contributed by atoms with van der Waals surface area (Å²) in [5.74, 6) is -0.451. The Morgan fingerprint density at radius 3 is 2.24 bits per heavy atom. The first-order valence-corrected chi connectivity index (χ1v) is 19.1. The number of aromatic nitrogens is 3. The van der Waals surface area contributed by atoms with E-state index in [1.165, 1.54) is 25.3 Å². The summed E-state index contributed by atoms with van der Waals surface area (Å²) in [6.07, 6.45) is 4.79. The molecule has 0 bridgehead atoms. The average molecular weight is 794 g/mol. The standard InChI is InChI=1S/C41H47N9O8/c1-25(22-44-40(55)57-2)21-34(51)49-19-7-11-32(49)36-43-24-31(46-36)27-15-13-26(14-16-27)30-18-17-29(23-42-30)45-39(54)48-37(52)33-12-8-20-50(33)38(53)35(47-41(56)58-3)28-9-5-4-6-10-28/h4-6,9-10,13-18,23-25,32-33,35H,7-8,11-12,19-22H2,1-3H3,(H,43,46)(H,44,55)(H,47,56)(H2,45,48,52,54). The number of H-pyrrole nitrogens is 1. The number of alkyl carbamates (subject to hydrolysis) is 2. The van der Waals surface area contributed by atoms with Gasteiger partial charge in [-0.3, -0.25) is 24.7 Å². The van der Waals surface area contributed by atoms with E-state index in [1.807, 2.05) is 36.1 Å². The number of nitrogens with one attached hydrogen (secondary N) is 5. The fraction of sp³-hybridized carbons (Fsp3) is 0.366. The lowest BCUT2D eigenvalue weighted by Gasteiger charge is -2.28. The number of likely N-dealkylation sites (tertiary alicyclic amines) is 2. The maximum atomic E-state index is 13.6. The maximum Gasteiger partial charge on any atom is 0.407 e. The molecule has 4 atom stereocenters. The SMILES string of the molecule is COC(=O)NCC(C)CC(=O)N1CCCC1c1ncc(-c2ccc(-c3ccc(NC(=O)NC(=O)C4CCCN4C(=O)C(NC(=O)OC)c4ccccc4)cn3)cc2)[nH]1. The summed E-state index contributed by atoms with van der Waals surface area (Å²) in [5, 5.41) is 10.1. The lowest BCUT2D eigenvalue weighted by Crippen LogP contribution is -2.51. The van der Waals surface area contributed by atoms with Gasteiger partial charge in [0.05, 0.1) is 49.7 Å². The number of imidazole rings is 1. The Balaban J connectivity index is 1.02. The second kappa shape index (κ2) is 18.9. The molecule has 0 aliphatic carbocycles. The lowest BCUT2D eigenvalue weighted by molar-refractivity contribution is -0.139. The van der Waals surface area contributed by atoms with Crippen molar-refractivity contribution in [3.05, 3.63) is 90.5 Å². The summed E-state index contributed by atoms with van der Waals surface area (Å²) < 4.78 is 9.33. The van der Waals surface area contributed by atoms with Crippen LogP contribution < -0.4 is 21.3 Å². The van der Waals surface area contributed by atoms with E-state index in [1.54, 1.807) is 48.7 Å². The predicted molar refractivity (Wildman–Crippen MR) is 212 cm³/mol. The van der Waals surface area contributed by atoms with Crippen LogP contribution in [0.5, 0.6) is 0 Å². The number of methoxy groups -OCH3 is 2. The van der Waals surface area contributed by atoms with Gasteiger partial charge in [0.25, 0.3) is 11.8 Å². The fourth-order valence-corrected chi connectivity index (χ4v) is 7.21. The van der Waals surface area contributed by atoms with Crippen molar-refractivity contribution in [2.75, 3.05) is 39.2 Å². The number of carbonyl (C=O) groups is 6. The first-order chi connectivity index (χ1) is 28.0. The van der Waals surface area contributed by atoms with Crippen molar-refractivity contribution in [2.45, 2.75) is 57.2 Å². The van der Waals surface area contributed by atoms with Gasteiger partial charge in [-0.15, -0.1) is 0 Å². The normalized spacial score (nSPS) is 17.2. The van der Waals surface area contributed by atoms with Crippen LogP contribution in [0.3, 0.4) is 0 Å². The zero-order chi connectivity index (χ0) is 41.2. The number of urea groups is 1. The summed E-state index contributed by atoms with van der Waals surface area (Å²) in [7, 11) is 2.50. The van der Waals surface area contributed by atoms with Crippen molar-refractivity contribution < 1.29 is 38.2 Å². The molecule has 2 aromatic heterocycles. The van der Waals surface area contributed by atoms with E-state index in [9.17, 15) is 28.8 Å². The molecule has 4 unspecified atom stereocenters. The van der Waals surface area contributed by atoms with Gasteiger partial charge in [-0.05, 0) is 54.9 Å². The number of amides is 7. The van der Waals surface area contributed by atoms with Crippen LogP contribution in [0.2, 0.25) is 0 Å². The second-order valence-corrected chi connectivity index (χ2v) is 14.2. The zero-order valence-electron chi connectivity index (χ0n) is 32.5. The van der Waals surface area contributed by atoms with Crippen molar-refractivity contribution in [2.24, 2.45) is 5.92 Å². The van der Waals surface area contributed by atoms with Crippen LogP contribution in [0.25, 0.3) is 22.5 Å². The molecule has 5 N–H and O–H groups in total. The highest BCUT2D eigenvalue weighted by Crippen LogP contribution is 2.33. The molecule has 4 aromatic rings. The van der Waals surface area contributed by atoms with E-state index < -0.39 is 42.1 Å². The van der Waals surface area contributed by atoms with Gasteiger partial charge in [-0.2, -0.15) is 0 Å². The minimum Gasteiger partial charge on any atom is -0.453 e. The van der Waals surface area contributed by atoms with Gasteiger partial charge in [-0.25, -0.2) is 19.4 Å². The van der Waals surface area contributed by atoms with E-state index in [-0.39, 0.29) is 24.4 Å². The minimum absolute atomic E-state index is 0.0146. The van der Waals surface area contributed by atoms with Gasteiger partial charge in [-0.1, -0.05) is 61.5 Å². The molecule has 0 saturated carbocycles. The topological polar surface area (TPSA) is 217 Å². The highest BCUT2D eigenvalue weighted by atomic mass is 16.5. The summed E-state index contributed by atoms with van der Waals surface area (Å²) in [6, 6.07) is 16.9. The molecule has 17 heteroatoms. The Hall–Kier alpha value is -6.78. The molecule has 0 spiro atoms. The van der Waals surface area contributed by atoms with Crippen molar-refractivity contribution in [3.63, 3.8) is 0 Å². The first kappa shape index (κ1) is 40.9. The highest BCUT2D eigenvalue weighted by molar-refractivity contribution is 6.04. The highest BCUT2D eigenvalue weighted by Gasteiger charge is 2.39. The average Bonchev–Trinajstić information content (AvgIpc) is 4.04. The monoisotopic (exact) mass is 793 g/mol. The lowest BCUT2D eigenvalue weighted by atomic mass is 10.0. The minimum atomic E-state index is -1.08.